The minimum Gasteiger partial charge on any atom is -0.481 e. The van der Waals surface area contributed by atoms with Gasteiger partial charge in [-0.3, -0.25) is 14.5 Å². The summed E-state index contributed by atoms with van der Waals surface area (Å²) in [6.45, 7) is 0.0138. The van der Waals surface area contributed by atoms with Crippen LogP contribution in [0, 0.1) is 11.6 Å². The summed E-state index contributed by atoms with van der Waals surface area (Å²) in [6.07, 6.45) is 1.43. The van der Waals surface area contributed by atoms with Crippen LogP contribution in [0.25, 0.3) is 17.2 Å². The van der Waals surface area contributed by atoms with Crippen molar-refractivity contribution in [3.8, 4) is 11.1 Å². The van der Waals surface area contributed by atoms with Crippen LogP contribution in [0.2, 0.25) is 0 Å². The molecule has 1 heterocycles. The second kappa shape index (κ2) is 7.98. The van der Waals surface area contributed by atoms with Crippen LogP contribution < -0.4 is 0 Å². The summed E-state index contributed by atoms with van der Waals surface area (Å²) in [6, 6.07) is 10.1. The van der Waals surface area contributed by atoms with Crippen molar-refractivity contribution in [3.63, 3.8) is 0 Å². The number of hydrogen-bond donors (Lipinski definition) is 1. The van der Waals surface area contributed by atoms with E-state index in [2.05, 4.69) is 0 Å². The third-order valence-electron chi connectivity index (χ3n) is 3.80. The zero-order chi connectivity index (χ0) is 19.6. The normalized spacial score (nSPS) is 15.6. The molecule has 3 rings (SSSR count). The van der Waals surface area contributed by atoms with E-state index < -0.39 is 17.6 Å². The van der Waals surface area contributed by atoms with Gasteiger partial charge in [-0.15, -0.1) is 0 Å². The summed E-state index contributed by atoms with van der Waals surface area (Å²) < 4.78 is 27.2. The molecule has 0 aromatic heterocycles. The zero-order valence-electron chi connectivity index (χ0n) is 13.8. The molecule has 1 N–H and O–H groups in total. The molecule has 2 aromatic carbocycles. The van der Waals surface area contributed by atoms with Crippen molar-refractivity contribution in [3.05, 3.63) is 64.6 Å². The number of nitrogens with zero attached hydrogens (tertiary/aromatic N) is 1. The van der Waals surface area contributed by atoms with Gasteiger partial charge in [-0.2, -0.15) is 0 Å². The number of halogens is 2. The molecule has 1 saturated heterocycles. The van der Waals surface area contributed by atoms with Gasteiger partial charge in [0.25, 0.3) is 5.91 Å². The average Bonchev–Trinajstić information content (AvgIpc) is 2.86. The lowest BCUT2D eigenvalue weighted by Crippen LogP contribution is -2.30. The first kappa shape index (κ1) is 19.2. The maximum Gasteiger partial charge on any atom is 0.305 e. The molecule has 138 valence electrons. The summed E-state index contributed by atoms with van der Waals surface area (Å²) in [4.78, 5) is 24.8. The van der Waals surface area contributed by atoms with E-state index in [4.69, 9.17) is 17.3 Å². The maximum absolute atomic E-state index is 13.4. The quantitative estimate of drug-likeness (QED) is 0.594. The molecule has 0 spiro atoms. The number of carboxylic acid groups (broad SMARTS) is 1. The average molecular weight is 405 g/mol. The Morgan fingerprint density at radius 1 is 1.15 bits per heavy atom. The number of thioether (sulfide) groups is 1. The van der Waals surface area contributed by atoms with Gasteiger partial charge >= 0.3 is 5.97 Å². The van der Waals surface area contributed by atoms with Crippen LogP contribution in [0.1, 0.15) is 12.0 Å². The fourth-order valence-corrected chi connectivity index (χ4v) is 3.89. The second-order valence-corrected chi connectivity index (χ2v) is 7.44. The Morgan fingerprint density at radius 2 is 1.85 bits per heavy atom. The summed E-state index contributed by atoms with van der Waals surface area (Å²) in [5, 5.41) is 8.77. The molecule has 0 saturated carbocycles. The molecule has 8 heteroatoms. The Balaban J connectivity index is 1.86. The predicted molar refractivity (Wildman–Crippen MR) is 104 cm³/mol. The summed E-state index contributed by atoms with van der Waals surface area (Å²) in [7, 11) is 0. The fourth-order valence-electron chi connectivity index (χ4n) is 2.58. The van der Waals surface area contributed by atoms with Gasteiger partial charge in [0.05, 0.1) is 11.3 Å². The molecular formula is C19H13F2NO3S2. The molecule has 0 aliphatic carbocycles. The molecule has 4 nitrogen and oxygen atoms in total. The largest absolute Gasteiger partial charge is 0.481 e. The van der Waals surface area contributed by atoms with E-state index in [1.807, 2.05) is 0 Å². The fraction of sp³-hybridized carbons (Fsp3) is 0.105. The molecule has 27 heavy (non-hydrogen) atoms. The molecule has 2 aromatic rings. The van der Waals surface area contributed by atoms with E-state index in [0.717, 1.165) is 17.8 Å². The third kappa shape index (κ3) is 4.58. The van der Waals surface area contributed by atoms with E-state index >= 15 is 0 Å². The van der Waals surface area contributed by atoms with Crippen LogP contribution in [-0.4, -0.2) is 32.7 Å². The van der Waals surface area contributed by atoms with Gasteiger partial charge in [0, 0.05) is 12.6 Å². The van der Waals surface area contributed by atoms with Crippen molar-refractivity contribution in [2.45, 2.75) is 6.42 Å². The van der Waals surface area contributed by atoms with Gasteiger partial charge in [-0.05, 0) is 41.0 Å². The minimum atomic E-state index is -1.01. The minimum absolute atomic E-state index is 0.0138. The van der Waals surface area contributed by atoms with Crippen molar-refractivity contribution < 1.29 is 23.5 Å². The number of thiocarbonyl (C=S) groups is 1. The van der Waals surface area contributed by atoms with Crippen molar-refractivity contribution in [2.24, 2.45) is 0 Å². The molecule has 0 unspecified atom stereocenters. The number of carboxylic acids is 1. The van der Waals surface area contributed by atoms with Crippen molar-refractivity contribution in [1.82, 2.24) is 4.90 Å². The molecule has 1 aliphatic heterocycles. The molecule has 0 atom stereocenters. The van der Waals surface area contributed by atoms with Crippen molar-refractivity contribution in [1.29, 1.82) is 0 Å². The van der Waals surface area contributed by atoms with Gasteiger partial charge in [-0.25, -0.2) is 8.78 Å². The molecule has 0 radical (unpaired) electrons. The van der Waals surface area contributed by atoms with Crippen LogP contribution in [0.4, 0.5) is 8.78 Å². The van der Waals surface area contributed by atoms with Crippen molar-refractivity contribution in [2.75, 3.05) is 6.54 Å². The Morgan fingerprint density at radius 3 is 2.52 bits per heavy atom. The Labute approximate surface area is 163 Å². The van der Waals surface area contributed by atoms with Crippen LogP contribution in [0.3, 0.4) is 0 Å². The highest BCUT2D eigenvalue weighted by molar-refractivity contribution is 8.26. The van der Waals surface area contributed by atoms with Gasteiger partial charge in [-0.1, -0.05) is 42.2 Å². The number of amides is 1. The number of benzene rings is 2. The first-order valence-electron chi connectivity index (χ1n) is 7.87. The summed E-state index contributed by atoms with van der Waals surface area (Å²) >= 11 is 6.24. The molecule has 0 bridgehead atoms. The SMILES string of the molecule is O=C(O)CCN1C(=O)C(=Cc2cccc(-c3cc(F)cc(F)c3)c2)SC1=S. The molecule has 1 aliphatic rings. The molecular weight excluding hydrogens is 392 g/mol. The highest BCUT2D eigenvalue weighted by Gasteiger charge is 2.32. The van der Waals surface area contributed by atoms with Crippen LogP contribution in [0.5, 0.6) is 0 Å². The second-order valence-electron chi connectivity index (χ2n) is 5.76. The number of rotatable bonds is 5. The first-order chi connectivity index (χ1) is 12.8. The molecule has 1 amide bonds. The lowest BCUT2D eigenvalue weighted by atomic mass is 10.0. The van der Waals surface area contributed by atoms with Crippen LogP contribution in [0.15, 0.2) is 47.4 Å². The van der Waals surface area contributed by atoms with Crippen LogP contribution >= 0.6 is 24.0 Å². The Hall–Kier alpha value is -2.58. The lowest BCUT2D eigenvalue weighted by Gasteiger charge is -2.12. The summed E-state index contributed by atoms with van der Waals surface area (Å²) in [5.74, 6) is -2.71. The van der Waals surface area contributed by atoms with E-state index in [1.165, 1.54) is 17.0 Å². The Bertz CT molecular complexity index is 955. The van der Waals surface area contributed by atoms with Gasteiger partial charge in [0.1, 0.15) is 16.0 Å². The highest BCUT2D eigenvalue weighted by Crippen LogP contribution is 2.33. The van der Waals surface area contributed by atoms with Crippen molar-refractivity contribution >= 4 is 46.3 Å². The number of aliphatic carboxylic acids is 1. The number of hydrogen-bond acceptors (Lipinski definition) is 4. The number of carbonyl (C=O) groups is 2. The number of carbonyl (C=O) groups excluding carboxylic acids is 1. The van der Waals surface area contributed by atoms with Crippen LogP contribution in [-0.2, 0) is 9.59 Å². The zero-order valence-corrected chi connectivity index (χ0v) is 15.4. The monoisotopic (exact) mass is 405 g/mol. The van der Waals surface area contributed by atoms with E-state index in [-0.39, 0.29) is 18.9 Å². The Kier molecular flexibility index (Phi) is 5.67. The standard InChI is InChI=1S/C19H13F2NO3S2/c20-14-8-13(9-15(21)10-14)12-3-1-2-11(6-12)7-16-18(25)22(19(26)27-16)5-4-17(23)24/h1-3,6-10H,4-5H2,(H,23,24). The summed E-state index contributed by atoms with van der Waals surface area (Å²) in [5.41, 5.74) is 1.65. The highest BCUT2D eigenvalue weighted by atomic mass is 32.2. The topological polar surface area (TPSA) is 57.6 Å². The van der Waals surface area contributed by atoms with Gasteiger partial charge in [0.15, 0.2) is 0 Å². The lowest BCUT2D eigenvalue weighted by molar-refractivity contribution is -0.137. The third-order valence-corrected chi connectivity index (χ3v) is 5.18. The van der Waals surface area contributed by atoms with E-state index in [9.17, 15) is 18.4 Å². The van der Waals surface area contributed by atoms with E-state index in [0.29, 0.717) is 25.9 Å². The van der Waals surface area contributed by atoms with Gasteiger partial charge in [0.2, 0.25) is 0 Å². The van der Waals surface area contributed by atoms with Gasteiger partial charge < -0.3 is 5.11 Å². The predicted octanol–water partition coefficient (Wildman–Crippen LogP) is 4.31. The first-order valence-corrected chi connectivity index (χ1v) is 9.09. The maximum atomic E-state index is 13.4. The smallest absolute Gasteiger partial charge is 0.305 e. The molecule has 1 fully saturated rings. The van der Waals surface area contributed by atoms with E-state index in [1.54, 1.807) is 30.3 Å².